The number of fused-ring (bicyclic) bond motifs is 3. The van der Waals surface area contributed by atoms with Crippen LogP contribution in [0.1, 0.15) is 32.1 Å². The van der Waals surface area contributed by atoms with Crippen molar-refractivity contribution in [2.75, 3.05) is 39.3 Å². The molecule has 2 N–H and O–H groups in total. The van der Waals surface area contributed by atoms with Gasteiger partial charge in [-0.05, 0) is 57.8 Å². The van der Waals surface area contributed by atoms with Crippen LogP contribution in [0.2, 0.25) is 0 Å². The summed E-state index contributed by atoms with van der Waals surface area (Å²) in [6.45, 7) is 6.13. The van der Waals surface area contributed by atoms with Crippen LogP contribution in [0.3, 0.4) is 0 Å². The molecule has 0 saturated carbocycles. The first-order chi connectivity index (χ1) is 9.81. The Morgan fingerprint density at radius 2 is 1.95 bits per heavy atom. The summed E-state index contributed by atoms with van der Waals surface area (Å²) in [4.78, 5) is 14.5. The summed E-state index contributed by atoms with van der Waals surface area (Å²) < 4.78 is 5.79. The molecule has 0 spiro atoms. The molecule has 1 unspecified atom stereocenters. The highest BCUT2D eigenvalue weighted by molar-refractivity contribution is 5.76. The number of hydrogen-bond acceptors (Lipinski definition) is 4. The van der Waals surface area contributed by atoms with E-state index in [1.54, 1.807) is 0 Å². The van der Waals surface area contributed by atoms with Gasteiger partial charge < -0.3 is 20.3 Å². The monoisotopic (exact) mass is 281 g/mol. The molecule has 20 heavy (non-hydrogen) atoms. The number of ether oxygens (including phenoxy) is 1. The Balaban J connectivity index is 1.33. The molecule has 4 heterocycles. The second kappa shape index (κ2) is 6.87. The first-order valence-corrected chi connectivity index (χ1v) is 8.15. The Kier molecular flexibility index (Phi) is 4.91. The van der Waals surface area contributed by atoms with Gasteiger partial charge in [0.25, 0.3) is 0 Å². The van der Waals surface area contributed by atoms with Crippen LogP contribution in [0.25, 0.3) is 0 Å². The fraction of sp³-hybridized carbons (Fsp3) is 0.933. The molecule has 0 aromatic carbocycles. The summed E-state index contributed by atoms with van der Waals surface area (Å²) in [5.74, 6) is 0.868. The predicted octanol–water partition coefficient (Wildman–Crippen LogP) is 0.356. The van der Waals surface area contributed by atoms with Gasteiger partial charge in [-0.25, -0.2) is 0 Å². The van der Waals surface area contributed by atoms with Gasteiger partial charge in [0.15, 0.2) is 0 Å². The standard InChI is InChI=1S/C15H27N3O2/c19-15(5-10-20-13-1-6-16-7-2-13)17-14-11-18-8-3-12(14)4-9-18/h12-14,16H,1-11H2,(H,17,19). The Bertz CT molecular complexity index is 323. The zero-order valence-corrected chi connectivity index (χ0v) is 12.3. The summed E-state index contributed by atoms with van der Waals surface area (Å²) in [7, 11) is 0. The van der Waals surface area contributed by atoms with Crippen molar-refractivity contribution in [1.29, 1.82) is 0 Å². The molecule has 4 fully saturated rings. The van der Waals surface area contributed by atoms with E-state index in [1.165, 1.54) is 25.9 Å². The number of carbonyl (C=O) groups is 1. The van der Waals surface area contributed by atoms with E-state index >= 15 is 0 Å². The second-order valence-electron chi connectivity index (χ2n) is 6.38. The van der Waals surface area contributed by atoms with Gasteiger partial charge in [-0.3, -0.25) is 4.79 Å². The van der Waals surface area contributed by atoms with E-state index < -0.39 is 0 Å². The highest BCUT2D eigenvalue weighted by Gasteiger charge is 2.34. The Hall–Kier alpha value is -0.650. The number of piperidine rings is 4. The van der Waals surface area contributed by atoms with Crippen LogP contribution in [-0.2, 0) is 9.53 Å². The number of amides is 1. The van der Waals surface area contributed by atoms with E-state index in [-0.39, 0.29) is 5.91 Å². The van der Waals surface area contributed by atoms with Crippen molar-refractivity contribution in [2.45, 2.75) is 44.2 Å². The fourth-order valence-electron chi connectivity index (χ4n) is 3.69. The number of nitrogens with zero attached hydrogens (tertiary/aromatic N) is 1. The van der Waals surface area contributed by atoms with E-state index in [2.05, 4.69) is 15.5 Å². The van der Waals surface area contributed by atoms with Crippen LogP contribution >= 0.6 is 0 Å². The number of carbonyl (C=O) groups excluding carboxylic acids is 1. The molecule has 2 bridgehead atoms. The number of hydrogen-bond donors (Lipinski definition) is 2. The summed E-state index contributed by atoms with van der Waals surface area (Å²) in [5, 5.41) is 6.53. The van der Waals surface area contributed by atoms with Crippen molar-refractivity contribution in [3.05, 3.63) is 0 Å². The van der Waals surface area contributed by atoms with Gasteiger partial charge in [0, 0.05) is 19.0 Å². The third-order valence-corrected chi connectivity index (χ3v) is 4.97. The van der Waals surface area contributed by atoms with Crippen LogP contribution in [0, 0.1) is 5.92 Å². The first kappa shape index (κ1) is 14.3. The summed E-state index contributed by atoms with van der Waals surface area (Å²) in [5.41, 5.74) is 0. The minimum absolute atomic E-state index is 0.165. The Morgan fingerprint density at radius 3 is 2.60 bits per heavy atom. The van der Waals surface area contributed by atoms with Crippen molar-refractivity contribution in [3.8, 4) is 0 Å². The van der Waals surface area contributed by atoms with Crippen molar-refractivity contribution < 1.29 is 9.53 Å². The molecule has 4 saturated heterocycles. The lowest BCUT2D eigenvalue weighted by Crippen LogP contribution is -2.57. The third-order valence-electron chi connectivity index (χ3n) is 4.97. The highest BCUT2D eigenvalue weighted by atomic mass is 16.5. The molecule has 5 heteroatoms. The van der Waals surface area contributed by atoms with Gasteiger partial charge in [-0.15, -0.1) is 0 Å². The van der Waals surface area contributed by atoms with E-state index in [4.69, 9.17) is 4.74 Å². The molecule has 4 rings (SSSR count). The van der Waals surface area contributed by atoms with Gasteiger partial charge in [-0.2, -0.15) is 0 Å². The topological polar surface area (TPSA) is 53.6 Å². The van der Waals surface area contributed by atoms with Crippen molar-refractivity contribution in [1.82, 2.24) is 15.5 Å². The average molecular weight is 281 g/mol. The van der Waals surface area contributed by atoms with Gasteiger partial charge >= 0.3 is 0 Å². The van der Waals surface area contributed by atoms with Crippen molar-refractivity contribution >= 4 is 5.91 Å². The molecule has 1 atom stereocenters. The molecule has 0 aromatic rings. The molecule has 1 amide bonds. The van der Waals surface area contributed by atoms with Crippen LogP contribution < -0.4 is 10.6 Å². The maximum atomic E-state index is 12.0. The maximum absolute atomic E-state index is 12.0. The third kappa shape index (κ3) is 3.71. The molecular formula is C15H27N3O2. The lowest BCUT2D eigenvalue weighted by Gasteiger charge is -2.44. The lowest BCUT2D eigenvalue weighted by atomic mass is 9.84. The second-order valence-corrected chi connectivity index (χ2v) is 6.38. The quantitative estimate of drug-likeness (QED) is 0.764. The van der Waals surface area contributed by atoms with Crippen LogP contribution in [0.4, 0.5) is 0 Å². The fourth-order valence-corrected chi connectivity index (χ4v) is 3.69. The highest BCUT2D eigenvalue weighted by Crippen LogP contribution is 2.27. The smallest absolute Gasteiger partial charge is 0.222 e. The van der Waals surface area contributed by atoms with Gasteiger partial charge in [-0.1, -0.05) is 0 Å². The number of nitrogens with one attached hydrogen (secondary N) is 2. The van der Waals surface area contributed by atoms with E-state index in [0.717, 1.165) is 32.5 Å². The van der Waals surface area contributed by atoms with Gasteiger partial charge in [0.1, 0.15) is 0 Å². The molecule has 114 valence electrons. The summed E-state index contributed by atoms with van der Waals surface area (Å²) >= 11 is 0. The summed E-state index contributed by atoms with van der Waals surface area (Å²) in [6.07, 6.45) is 5.49. The lowest BCUT2D eigenvalue weighted by molar-refractivity contribution is -0.124. The zero-order valence-electron chi connectivity index (χ0n) is 12.3. The Morgan fingerprint density at radius 1 is 1.20 bits per heavy atom. The molecule has 4 aliphatic rings. The van der Waals surface area contributed by atoms with Crippen molar-refractivity contribution in [2.24, 2.45) is 5.92 Å². The predicted molar refractivity (Wildman–Crippen MR) is 77.6 cm³/mol. The average Bonchev–Trinajstić information content (AvgIpc) is 2.49. The maximum Gasteiger partial charge on any atom is 0.222 e. The Labute approximate surface area is 121 Å². The number of rotatable bonds is 5. The molecule has 0 aromatic heterocycles. The van der Waals surface area contributed by atoms with Crippen molar-refractivity contribution in [3.63, 3.8) is 0 Å². The SMILES string of the molecule is O=C(CCOC1CCNCC1)NC1CN2CCC1CC2. The van der Waals surface area contributed by atoms with Crippen LogP contribution in [-0.4, -0.2) is 62.3 Å². The molecule has 4 aliphatic heterocycles. The van der Waals surface area contributed by atoms with Crippen LogP contribution in [0.5, 0.6) is 0 Å². The molecular weight excluding hydrogens is 254 g/mol. The van der Waals surface area contributed by atoms with E-state index in [9.17, 15) is 4.79 Å². The van der Waals surface area contributed by atoms with Crippen LogP contribution in [0.15, 0.2) is 0 Å². The van der Waals surface area contributed by atoms with E-state index in [0.29, 0.717) is 31.1 Å². The normalized spacial score (nSPS) is 34.1. The van der Waals surface area contributed by atoms with Gasteiger partial charge in [0.2, 0.25) is 5.91 Å². The largest absolute Gasteiger partial charge is 0.378 e. The minimum atomic E-state index is 0.165. The summed E-state index contributed by atoms with van der Waals surface area (Å²) in [6, 6.07) is 0.379. The van der Waals surface area contributed by atoms with Gasteiger partial charge in [0.05, 0.1) is 12.7 Å². The molecule has 5 nitrogen and oxygen atoms in total. The minimum Gasteiger partial charge on any atom is -0.378 e. The molecule has 0 radical (unpaired) electrons. The first-order valence-electron chi connectivity index (χ1n) is 8.15. The molecule has 0 aliphatic carbocycles. The van der Waals surface area contributed by atoms with E-state index in [1.807, 2.05) is 0 Å². The zero-order chi connectivity index (χ0) is 13.8.